The van der Waals surface area contributed by atoms with Gasteiger partial charge in [-0.2, -0.15) is 0 Å². The zero-order valence-electron chi connectivity index (χ0n) is 12.5. The fraction of sp³-hybridized carbons (Fsp3) is 0.0588. The van der Waals surface area contributed by atoms with Gasteiger partial charge in [-0.25, -0.2) is 9.37 Å². The maximum atomic E-state index is 13.5. The van der Waals surface area contributed by atoms with Crippen molar-refractivity contribution in [3.8, 4) is 17.0 Å². The number of hydrogen-bond acceptors (Lipinski definition) is 4. The van der Waals surface area contributed by atoms with Crippen molar-refractivity contribution in [3.05, 3.63) is 63.7 Å². The van der Waals surface area contributed by atoms with Gasteiger partial charge < -0.3 is 4.74 Å². The summed E-state index contributed by atoms with van der Waals surface area (Å²) < 4.78 is 19.4. The normalized spacial score (nSPS) is 10.5. The van der Waals surface area contributed by atoms with Gasteiger partial charge in [0.2, 0.25) is 0 Å². The molecule has 0 atom stereocenters. The number of hydrogen-bond donors (Lipinski definition) is 1. The van der Waals surface area contributed by atoms with Crippen LogP contribution in [0.5, 0.6) is 5.75 Å². The smallest absolute Gasteiger partial charge is 0.258 e. The van der Waals surface area contributed by atoms with Crippen LogP contribution in [-0.2, 0) is 0 Å². The summed E-state index contributed by atoms with van der Waals surface area (Å²) in [6.45, 7) is 0. The van der Waals surface area contributed by atoms with E-state index in [1.165, 1.54) is 30.6 Å². The van der Waals surface area contributed by atoms with Crippen molar-refractivity contribution in [1.82, 2.24) is 4.98 Å². The Hall–Kier alpha value is -2.25. The van der Waals surface area contributed by atoms with E-state index in [-0.39, 0.29) is 11.7 Å². The molecule has 0 aliphatic carbocycles. The topological polar surface area (TPSA) is 51.2 Å². The van der Waals surface area contributed by atoms with Crippen LogP contribution < -0.4 is 10.1 Å². The third-order valence-corrected chi connectivity index (χ3v) is 4.73. The molecule has 1 heterocycles. The lowest BCUT2D eigenvalue weighted by molar-refractivity contribution is 0.102. The number of nitrogens with zero attached hydrogens (tertiary/aromatic N) is 1. The Balaban J connectivity index is 1.85. The fourth-order valence-corrected chi connectivity index (χ4v) is 3.32. The average Bonchev–Trinajstić information content (AvgIpc) is 3.03. The van der Waals surface area contributed by atoms with Gasteiger partial charge in [0, 0.05) is 15.4 Å². The molecular formula is C17H12BrFN2O2S. The summed E-state index contributed by atoms with van der Waals surface area (Å²) >= 11 is 4.60. The van der Waals surface area contributed by atoms with Crippen LogP contribution in [-0.4, -0.2) is 18.0 Å². The number of halogens is 2. The molecule has 3 aromatic rings. The van der Waals surface area contributed by atoms with Crippen LogP contribution in [0.2, 0.25) is 0 Å². The molecule has 3 rings (SSSR count). The van der Waals surface area contributed by atoms with Crippen molar-refractivity contribution in [3.63, 3.8) is 0 Å². The maximum absolute atomic E-state index is 13.5. The Bertz CT molecular complexity index is 898. The number of carbonyl (C=O) groups is 1. The van der Waals surface area contributed by atoms with E-state index >= 15 is 0 Å². The molecule has 4 nitrogen and oxygen atoms in total. The lowest BCUT2D eigenvalue weighted by Crippen LogP contribution is -2.12. The zero-order valence-corrected chi connectivity index (χ0v) is 14.9. The zero-order chi connectivity index (χ0) is 17.1. The number of thiazole rings is 1. The molecule has 0 radical (unpaired) electrons. The molecule has 0 saturated heterocycles. The van der Waals surface area contributed by atoms with Gasteiger partial charge in [0.1, 0.15) is 11.6 Å². The van der Waals surface area contributed by atoms with E-state index in [9.17, 15) is 9.18 Å². The summed E-state index contributed by atoms with van der Waals surface area (Å²) in [5, 5.41) is 4.92. The van der Waals surface area contributed by atoms with E-state index in [0.29, 0.717) is 32.2 Å². The van der Waals surface area contributed by atoms with Crippen molar-refractivity contribution in [1.29, 1.82) is 0 Å². The first-order valence-corrected chi connectivity index (χ1v) is 8.61. The van der Waals surface area contributed by atoms with E-state index in [0.717, 1.165) is 0 Å². The summed E-state index contributed by atoms with van der Waals surface area (Å²) in [4.78, 5) is 16.6. The molecule has 0 bridgehead atoms. The van der Waals surface area contributed by atoms with Crippen LogP contribution >= 0.6 is 27.3 Å². The Morgan fingerprint density at radius 1 is 1.29 bits per heavy atom. The van der Waals surface area contributed by atoms with Crippen LogP contribution in [0, 0.1) is 5.82 Å². The number of benzene rings is 2. The van der Waals surface area contributed by atoms with Crippen molar-refractivity contribution in [2.45, 2.75) is 0 Å². The predicted molar refractivity (Wildman–Crippen MR) is 96.2 cm³/mol. The molecule has 0 aliphatic heterocycles. The molecular weight excluding hydrogens is 395 g/mol. The number of carbonyl (C=O) groups excluding carboxylic acids is 1. The van der Waals surface area contributed by atoms with E-state index in [2.05, 4.69) is 26.2 Å². The maximum Gasteiger partial charge on any atom is 0.258 e. The molecule has 24 heavy (non-hydrogen) atoms. The van der Waals surface area contributed by atoms with Gasteiger partial charge in [-0.1, -0.05) is 12.1 Å². The van der Waals surface area contributed by atoms with Crippen LogP contribution in [0.25, 0.3) is 11.3 Å². The Morgan fingerprint density at radius 2 is 2.08 bits per heavy atom. The summed E-state index contributed by atoms with van der Waals surface area (Å²) in [6.07, 6.45) is 0. The Kier molecular flexibility index (Phi) is 4.92. The molecule has 0 spiro atoms. The third kappa shape index (κ3) is 3.47. The molecule has 1 N–H and O–H groups in total. The quantitative estimate of drug-likeness (QED) is 0.664. The van der Waals surface area contributed by atoms with Gasteiger partial charge in [-0.05, 0) is 46.3 Å². The van der Waals surface area contributed by atoms with Crippen LogP contribution in [0.4, 0.5) is 9.52 Å². The SMILES string of the molecule is COc1ccc(F)cc1-c1csc(NC(=O)c2ccccc2Br)n1. The number of nitrogens with one attached hydrogen (secondary N) is 1. The first kappa shape index (κ1) is 16.6. The molecule has 2 aromatic carbocycles. The molecule has 0 unspecified atom stereocenters. The summed E-state index contributed by atoms with van der Waals surface area (Å²) in [5.74, 6) is -0.127. The average molecular weight is 407 g/mol. The molecule has 7 heteroatoms. The van der Waals surface area contributed by atoms with Gasteiger partial charge in [0.25, 0.3) is 5.91 Å². The molecule has 1 amide bonds. The monoisotopic (exact) mass is 406 g/mol. The van der Waals surface area contributed by atoms with Gasteiger partial charge in [0.15, 0.2) is 5.13 Å². The van der Waals surface area contributed by atoms with Crippen LogP contribution in [0.3, 0.4) is 0 Å². The van der Waals surface area contributed by atoms with Crippen LogP contribution in [0.1, 0.15) is 10.4 Å². The molecule has 122 valence electrons. The first-order chi connectivity index (χ1) is 11.6. The highest BCUT2D eigenvalue weighted by Crippen LogP contribution is 2.33. The first-order valence-electron chi connectivity index (χ1n) is 6.94. The summed E-state index contributed by atoms with van der Waals surface area (Å²) in [7, 11) is 1.51. The van der Waals surface area contributed by atoms with E-state index in [1.54, 1.807) is 29.6 Å². The Labute approximate surface area is 150 Å². The largest absolute Gasteiger partial charge is 0.496 e. The molecule has 1 aromatic heterocycles. The van der Waals surface area contributed by atoms with Crippen LogP contribution in [0.15, 0.2) is 52.3 Å². The fourth-order valence-electron chi connectivity index (χ4n) is 2.15. The van der Waals surface area contributed by atoms with Gasteiger partial charge in [0.05, 0.1) is 18.4 Å². The van der Waals surface area contributed by atoms with Crippen molar-refractivity contribution in [2.75, 3.05) is 12.4 Å². The second kappa shape index (κ2) is 7.11. The standard InChI is InChI=1S/C17H12BrFN2O2S/c1-23-15-7-6-10(19)8-12(15)14-9-24-17(20-14)21-16(22)11-4-2-3-5-13(11)18/h2-9H,1H3,(H,20,21,22). The van der Waals surface area contributed by atoms with E-state index in [4.69, 9.17) is 4.74 Å². The molecule has 0 aliphatic rings. The minimum atomic E-state index is -0.377. The highest BCUT2D eigenvalue weighted by Gasteiger charge is 2.14. The van der Waals surface area contributed by atoms with Gasteiger partial charge >= 0.3 is 0 Å². The summed E-state index contributed by atoms with van der Waals surface area (Å²) in [6, 6.07) is 11.3. The highest BCUT2D eigenvalue weighted by atomic mass is 79.9. The second-order valence-corrected chi connectivity index (χ2v) is 6.53. The van der Waals surface area contributed by atoms with E-state index < -0.39 is 0 Å². The number of aromatic nitrogens is 1. The van der Waals surface area contributed by atoms with Crippen molar-refractivity contribution >= 4 is 38.3 Å². The lowest BCUT2D eigenvalue weighted by Gasteiger charge is -2.06. The number of amides is 1. The van der Waals surface area contributed by atoms with Crippen molar-refractivity contribution < 1.29 is 13.9 Å². The number of anilines is 1. The number of ether oxygens (including phenoxy) is 1. The third-order valence-electron chi connectivity index (χ3n) is 3.28. The number of methoxy groups -OCH3 is 1. The van der Waals surface area contributed by atoms with Gasteiger partial charge in [-0.3, -0.25) is 10.1 Å². The summed E-state index contributed by atoms with van der Waals surface area (Å²) in [5.41, 5.74) is 1.59. The lowest BCUT2D eigenvalue weighted by atomic mass is 10.1. The Morgan fingerprint density at radius 3 is 2.83 bits per heavy atom. The number of rotatable bonds is 4. The van der Waals surface area contributed by atoms with E-state index in [1.807, 2.05) is 6.07 Å². The molecule has 0 saturated carbocycles. The molecule has 0 fully saturated rings. The van der Waals surface area contributed by atoms with Gasteiger partial charge in [-0.15, -0.1) is 11.3 Å². The minimum Gasteiger partial charge on any atom is -0.496 e. The minimum absolute atomic E-state index is 0.269. The second-order valence-electron chi connectivity index (χ2n) is 4.82. The highest BCUT2D eigenvalue weighted by molar-refractivity contribution is 9.10. The predicted octanol–water partition coefficient (Wildman–Crippen LogP) is 4.97. The van der Waals surface area contributed by atoms with Crippen molar-refractivity contribution in [2.24, 2.45) is 0 Å².